The molecule has 38 heavy (non-hydrogen) atoms. The number of para-hydroxylation sites is 1. The van der Waals surface area contributed by atoms with E-state index in [0.717, 1.165) is 28.9 Å². The largest absolute Gasteiger partial charge is 0.478 e. The van der Waals surface area contributed by atoms with E-state index in [9.17, 15) is 14.7 Å². The lowest BCUT2D eigenvalue weighted by Gasteiger charge is -2.24. The Labute approximate surface area is 238 Å². The van der Waals surface area contributed by atoms with E-state index in [0.29, 0.717) is 38.5 Å². The summed E-state index contributed by atoms with van der Waals surface area (Å²) in [6, 6.07) is 15.0. The van der Waals surface area contributed by atoms with Crippen LogP contribution in [-0.4, -0.2) is 38.1 Å². The molecular formula is C28H27Br2N5O3. The topological polar surface area (TPSA) is 100 Å². The Bertz CT molecular complexity index is 1530. The molecule has 0 aliphatic carbocycles. The Morgan fingerprint density at radius 2 is 1.84 bits per heavy atom. The van der Waals surface area contributed by atoms with E-state index in [-0.39, 0.29) is 11.5 Å². The van der Waals surface area contributed by atoms with Gasteiger partial charge in [0, 0.05) is 36.7 Å². The molecule has 4 rings (SSSR count). The molecule has 8 nitrogen and oxygen atoms in total. The third-order valence-corrected chi connectivity index (χ3v) is 7.86. The van der Waals surface area contributed by atoms with E-state index >= 15 is 0 Å². The number of halogens is 2. The van der Waals surface area contributed by atoms with Crippen molar-refractivity contribution < 1.29 is 14.7 Å². The first-order valence-electron chi connectivity index (χ1n) is 12.0. The quantitative estimate of drug-likeness (QED) is 0.215. The molecule has 4 aromatic rings. The average molecular weight is 641 g/mol. The molecule has 2 heterocycles. The summed E-state index contributed by atoms with van der Waals surface area (Å²) in [6.45, 7) is 6.53. The highest BCUT2D eigenvalue weighted by molar-refractivity contribution is 9.10. The second kappa shape index (κ2) is 11.5. The summed E-state index contributed by atoms with van der Waals surface area (Å²) in [5.74, 6) is -0.757. The number of aryl methyl sites for hydroxylation is 2. The molecule has 0 fully saturated rings. The number of rotatable bonds is 8. The first-order chi connectivity index (χ1) is 18.2. The van der Waals surface area contributed by atoms with Crippen LogP contribution in [0.1, 0.15) is 45.7 Å². The number of carboxylic acid groups (broad SMARTS) is 1. The molecule has 0 bridgehead atoms. The summed E-state index contributed by atoms with van der Waals surface area (Å²) < 4.78 is 2.78. The molecule has 0 aliphatic rings. The van der Waals surface area contributed by atoms with Crippen LogP contribution in [0.15, 0.2) is 63.8 Å². The van der Waals surface area contributed by atoms with Crippen LogP contribution in [0.4, 0.5) is 17.3 Å². The minimum Gasteiger partial charge on any atom is -0.478 e. The molecule has 10 heteroatoms. The molecule has 2 N–H and O–H groups in total. The maximum Gasteiger partial charge on any atom is 0.338 e. The minimum atomic E-state index is -1.03. The van der Waals surface area contributed by atoms with E-state index in [2.05, 4.69) is 54.1 Å². The smallest absolute Gasteiger partial charge is 0.338 e. The van der Waals surface area contributed by atoms with Crippen LogP contribution in [0, 0.1) is 6.92 Å². The zero-order valence-corrected chi connectivity index (χ0v) is 24.6. The van der Waals surface area contributed by atoms with E-state index in [1.807, 2.05) is 50.2 Å². The number of amides is 1. The fraction of sp³-hybridized carbons (Fsp3) is 0.214. The number of hydrogen-bond acceptors (Lipinski definition) is 5. The second-order valence-corrected chi connectivity index (χ2v) is 10.3. The number of anilines is 3. The highest BCUT2D eigenvalue weighted by Gasteiger charge is 2.21. The SMILES string of the molecule is CCc1ccccc1N(CC)C(=O)c1ccc(Nc2ncc(Br)c(-c3cc(C(=O)O)c(Br)n3C)n2)c(C)c1. The van der Waals surface area contributed by atoms with Crippen molar-refractivity contribution in [1.82, 2.24) is 14.5 Å². The lowest BCUT2D eigenvalue weighted by molar-refractivity contribution is 0.0695. The van der Waals surface area contributed by atoms with Crippen molar-refractivity contribution in [3.05, 3.63) is 86.1 Å². The van der Waals surface area contributed by atoms with Crippen molar-refractivity contribution in [2.24, 2.45) is 7.05 Å². The van der Waals surface area contributed by atoms with Crippen LogP contribution in [0.5, 0.6) is 0 Å². The highest BCUT2D eigenvalue weighted by Crippen LogP contribution is 2.33. The van der Waals surface area contributed by atoms with Crippen LogP contribution in [0.2, 0.25) is 0 Å². The van der Waals surface area contributed by atoms with Gasteiger partial charge in [0.25, 0.3) is 5.91 Å². The lowest BCUT2D eigenvalue weighted by atomic mass is 10.1. The zero-order valence-electron chi connectivity index (χ0n) is 21.4. The van der Waals surface area contributed by atoms with Crippen molar-refractivity contribution in [3.8, 4) is 11.4 Å². The summed E-state index contributed by atoms with van der Waals surface area (Å²) in [5.41, 5.74) is 5.55. The first-order valence-corrected chi connectivity index (χ1v) is 13.6. The van der Waals surface area contributed by atoms with Gasteiger partial charge in [-0.3, -0.25) is 4.79 Å². The van der Waals surface area contributed by atoms with Crippen LogP contribution < -0.4 is 10.2 Å². The molecule has 0 aliphatic heterocycles. The van der Waals surface area contributed by atoms with E-state index in [1.54, 1.807) is 34.8 Å². The number of nitrogens with one attached hydrogen (secondary N) is 1. The predicted octanol–water partition coefficient (Wildman–Crippen LogP) is 6.99. The lowest BCUT2D eigenvalue weighted by Crippen LogP contribution is -2.31. The number of carbonyl (C=O) groups excluding carboxylic acids is 1. The molecule has 0 unspecified atom stereocenters. The van der Waals surface area contributed by atoms with E-state index in [4.69, 9.17) is 0 Å². The van der Waals surface area contributed by atoms with Gasteiger partial charge < -0.3 is 19.9 Å². The molecule has 0 atom stereocenters. The molecule has 196 valence electrons. The van der Waals surface area contributed by atoms with Crippen LogP contribution in [0.25, 0.3) is 11.4 Å². The van der Waals surface area contributed by atoms with Gasteiger partial charge in [0.15, 0.2) is 0 Å². The summed E-state index contributed by atoms with van der Waals surface area (Å²) in [7, 11) is 1.76. The monoisotopic (exact) mass is 639 g/mol. The highest BCUT2D eigenvalue weighted by atomic mass is 79.9. The Balaban J connectivity index is 1.62. The maximum atomic E-state index is 13.4. The van der Waals surface area contributed by atoms with Gasteiger partial charge in [0.05, 0.1) is 20.3 Å². The number of aromatic carboxylic acids is 1. The Morgan fingerprint density at radius 3 is 2.47 bits per heavy atom. The number of aromatic nitrogens is 3. The van der Waals surface area contributed by atoms with Gasteiger partial charge >= 0.3 is 5.97 Å². The predicted molar refractivity (Wildman–Crippen MR) is 156 cm³/mol. The van der Waals surface area contributed by atoms with Crippen molar-refractivity contribution in [2.45, 2.75) is 27.2 Å². The molecule has 0 saturated heterocycles. The summed E-state index contributed by atoms with van der Waals surface area (Å²) >= 11 is 6.81. The fourth-order valence-electron chi connectivity index (χ4n) is 4.27. The van der Waals surface area contributed by atoms with Crippen LogP contribution >= 0.6 is 31.9 Å². The van der Waals surface area contributed by atoms with Crippen molar-refractivity contribution in [2.75, 3.05) is 16.8 Å². The summed E-state index contributed by atoms with van der Waals surface area (Å²) in [5, 5.41) is 12.7. The summed E-state index contributed by atoms with van der Waals surface area (Å²) in [6.07, 6.45) is 2.46. The molecular weight excluding hydrogens is 614 g/mol. The third-order valence-electron chi connectivity index (χ3n) is 6.32. The Kier molecular flexibility index (Phi) is 8.32. The molecule has 2 aromatic carbocycles. The molecule has 0 spiro atoms. The van der Waals surface area contributed by atoms with Crippen molar-refractivity contribution in [3.63, 3.8) is 0 Å². The van der Waals surface area contributed by atoms with Gasteiger partial charge in [0.1, 0.15) is 5.69 Å². The molecule has 0 radical (unpaired) electrons. The third kappa shape index (κ3) is 5.37. The Morgan fingerprint density at radius 1 is 1.11 bits per heavy atom. The average Bonchev–Trinajstić information content (AvgIpc) is 3.21. The van der Waals surface area contributed by atoms with Crippen molar-refractivity contribution >= 4 is 61.1 Å². The van der Waals surface area contributed by atoms with Gasteiger partial charge in [-0.1, -0.05) is 25.1 Å². The molecule has 1 amide bonds. The standard InChI is InChI=1S/C28H27Br2N5O3/c1-5-17-9-7-8-10-22(17)35(6-2)26(36)18-11-12-21(16(3)13-18)32-28-31-15-20(29)24(33-28)23-14-19(27(37)38)25(30)34(23)4/h7-15H,5-6H2,1-4H3,(H,37,38)(H,31,32,33). The second-order valence-electron chi connectivity index (χ2n) is 8.67. The van der Waals surface area contributed by atoms with Gasteiger partial charge in [0.2, 0.25) is 5.95 Å². The minimum absolute atomic E-state index is 0.0613. The maximum absolute atomic E-state index is 13.4. The van der Waals surface area contributed by atoms with Gasteiger partial charge in [-0.25, -0.2) is 14.8 Å². The van der Waals surface area contributed by atoms with Gasteiger partial charge in [-0.2, -0.15) is 0 Å². The van der Waals surface area contributed by atoms with E-state index < -0.39 is 5.97 Å². The number of carboxylic acids is 1. The number of benzene rings is 2. The summed E-state index contributed by atoms with van der Waals surface area (Å²) in [4.78, 5) is 35.8. The first kappa shape index (κ1) is 27.5. The normalized spacial score (nSPS) is 10.9. The number of hydrogen-bond donors (Lipinski definition) is 2. The number of nitrogens with zero attached hydrogens (tertiary/aromatic N) is 4. The zero-order chi connectivity index (χ0) is 27.6. The van der Waals surface area contributed by atoms with Crippen LogP contribution in [0.3, 0.4) is 0 Å². The number of carbonyl (C=O) groups is 2. The van der Waals surface area contributed by atoms with Crippen molar-refractivity contribution in [1.29, 1.82) is 0 Å². The van der Waals surface area contributed by atoms with Gasteiger partial charge in [-0.15, -0.1) is 0 Å². The molecule has 2 aromatic heterocycles. The van der Waals surface area contributed by atoms with E-state index in [1.165, 1.54) is 0 Å². The fourth-order valence-corrected chi connectivity index (χ4v) is 5.14. The Hall–Kier alpha value is -3.50. The van der Waals surface area contributed by atoms with Gasteiger partial charge in [-0.05, 0) is 93.6 Å². The van der Waals surface area contributed by atoms with Crippen LogP contribution in [-0.2, 0) is 13.5 Å². The molecule has 0 saturated carbocycles.